The van der Waals surface area contributed by atoms with Crippen molar-refractivity contribution in [2.75, 3.05) is 26.3 Å². The van der Waals surface area contributed by atoms with Gasteiger partial charge in [0.15, 0.2) is 5.65 Å². The SMILES string of the molecule is Cn1cc2c3cc(C(=O)NCCCOCCCN=NN)ccc3n(-c3ccc(C(F)(F)F)cc3)c2n1. The molecule has 36 heavy (non-hydrogen) atoms. The summed E-state index contributed by atoms with van der Waals surface area (Å²) >= 11 is 0. The van der Waals surface area contributed by atoms with E-state index in [-0.39, 0.29) is 5.91 Å². The summed E-state index contributed by atoms with van der Waals surface area (Å²) in [5.41, 5.74) is 1.64. The lowest BCUT2D eigenvalue weighted by molar-refractivity contribution is -0.137. The van der Waals surface area contributed by atoms with Gasteiger partial charge < -0.3 is 15.9 Å². The Bertz CT molecular complexity index is 1370. The van der Waals surface area contributed by atoms with Gasteiger partial charge in [-0.25, -0.2) is 0 Å². The third kappa shape index (κ3) is 5.48. The van der Waals surface area contributed by atoms with Crippen molar-refractivity contribution in [2.24, 2.45) is 23.2 Å². The Hall–Kier alpha value is -3.93. The number of ether oxygens (including phenoxy) is 1. The number of amides is 1. The summed E-state index contributed by atoms with van der Waals surface area (Å²) in [5, 5.41) is 15.8. The molecule has 0 saturated heterocycles. The van der Waals surface area contributed by atoms with Gasteiger partial charge in [-0.15, -0.1) is 0 Å². The van der Waals surface area contributed by atoms with Crippen LogP contribution in [0.2, 0.25) is 0 Å². The number of nitrogens with one attached hydrogen (secondary N) is 1. The smallest absolute Gasteiger partial charge is 0.381 e. The summed E-state index contributed by atoms with van der Waals surface area (Å²) < 4.78 is 48.0. The molecule has 0 radical (unpaired) electrons. The van der Waals surface area contributed by atoms with Crippen LogP contribution in [0.4, 0.5) is 13.2 Å². The van der Waals surface area contributed by atoms with Gasteiger partial charge >= 0.3 is 6.18 Å². The second-order valence-electron chi connectivity index (χ2n) is 8.21. The molecule has 190 valence electrons. The number of carbonyl (C=O) groups is 1. The molecule has 0 aliphatic rings. The van der Waals surface area contributed by atoms with Crippen LogP contribution in [-0.2, 0) is 18.0 Å². The molecule has 0 atom stereocenters. The van der Waals surface area contributed by atoms with E-state index in [2.05, 4.69) is 20.8 Å². The number of hydrogen-bond donors (Lipinski definition) is 2. The first kappa shape index (κ1) is 25.2. The van der Waals surface area contributed by atoms with E-state index in [1.54, 1.807) is 34.5 Å². The zero-order chi connectivity index (χ0) is 25.7. The highest BCUT2D eigenvalue weighted by molar-refractivity contribution is 6.10. The first-order chi connectivity index (χ1) is 17.3. The van der Waals surface area contributed by atoms with E-state index >= 15 is 0 Å². The molecule has 0 aliphatic heterocycles. The first-order valence-electron chi connectivity index (χ1n) is 11.4. The zero-order valence-corrected chi connectivity index (χ0v) is 19.6. The van der Waals surface area contributed by atoms with E-state index in [1.807, 2.05) is 6.20 Å². The molecule has 12 heteroatoms. The maximum absolute atomic E-state index is 13.0. The van der Waals surface area contributed by atoms with E-state index in [0.29, 0.717) is 49.6 Å². The number of aromatic nitrogens is 3. The Kier molecular flexibility index (Phi) is 7.53. The molecule has 4 aromatic rings. The average Bonchev–Trinajstić information content (AvgIpc) is 3.36. The maximum Gasteiger partial charge on any atom is 0.416 e. The molecule has 0 unspecified atom stereocenters. The summed E-state index contributed by atoms with van der Waals surface area (Å²) in [7, 11) is 1.77. The van der Waals surface area contributed by atoms with E-state index in [9.17, 15) is 18.0 Å². The summed E-state index contributed by atoms with van der Waals surface area (Å²) in [4.78, 5) is 12.7. The molecule has 2 heterocycles. The lowest BCUT2D eigenvalue weighted by Gasteiger charge is -2.10. The summed E-state index contributed by atoms with van der Waals surface area (Å²) in [6.07, 6.45) is -1.21. The molecule has 3 N–H and O–H groups in total. The first-order valence-corrected chi connectivity index (χ1v) is 11.4. The highest BCUT2D eigenvalue weighted by atomic mass is 19.4. The van der Waals surface area contributed by atoms with Crippen LogP contribution >= 0.6 is 0 Å². The van der Waals surface area contributed by atoms with Gasteiger partial charge in [-0.1, -0.05) is 5.22 Å². The van der Waals surface area contributed by atoms with Gasteiger partial charge in [0.1, 0.15) is 0 Å². The molecule has 1 amide bonds. The summed E-state index contributed by atoms with van der Waals surface area (Å²) in [5.74, 6) is 4.71. The van der Waals surface area contributed by atoms with E-state index < -0.39 is 11.7 Å². The fraction of sp³-hybridized carbons (Fsp3) is 0.333. The maximum atomic E-state index is 13.0. The van der Waals surface area contributed by atoms with Crippen molar-refractivity contribution in [3.63, 3.8) is 0 Å². The number of hydrogen-bond acceptors (Lipinski definition) is 5. The quantitative estimate of drug-likeness (QED) is 0.145. The number of aryl methyl sites for hydroxylation is 1. The number of alkyl halides is 3. The molecule has 2 aromatic carbocycles. The average molecular weight is 502 g/mol. The van der Waals surface area contributed by atoms with Gasteiger partial charge in [0.05, 0.1) is 17.6 Å². The van der Waals surface area contributed by atoms with Crippen molar-refractivity contribution >= 4 is 27.8 Å². The van der Waals surface area contributed by atoms with Crippen LogP contribution in [0.1, 0.15) is 28.8 Å². The molecule has 0 bridgehead atoms. The van der Waals surface area contributed by atoms with Crippen molar-refractivity contribution in [2.45, 2.75) is 19.0 Å². The molecule has 4 rings (SSSR count). The van der Waals surface area contributed by atoms with Crippen LogP contribution < -0.4 is 11.2 Å². The van der Waals surface area contributed by atoms with Gasteiger partial charge in [0.2, 0.25) is 0 Å². The van der Waals surface area contributed by atoms with Crippen LogP contribution in [0, 0.1) is 0 Å². The highest BCUT2D eigenvalue weighted by Gasteiger charge is 2.30. The van der Waals surface area contributed by atoms with Crippen LogP contribution in [0.3, 0.4) is 0 Å². The van der Waals surface area contributed by atoms with Crippen LogP contribution in [0.5, 0.6) is 0 Å². The van der Waals surface area contributed by atoms with Crippen LogP contribution in [0.15, 0.2) is 59.0 Å². The highest BCUT2D eigenvalue weighted by Crippen LogP contribution is 2.34. The molecule has 9 nitrogen and oxygen atoms in total. The third-order valence-corrected chi connectivity index (χ3v) is 5.64. The van der Waals surface area contributed by atoms with Crippen LogP contribution in [-0.4, -0.2) is 46.6 Å². The normalized spacial score (nSPS) is 12.2. The number of halogens is 3. The number of carbonyl (C=O) groups excluding carboxylic acids is 1. The molecule has 0 spiro atoms. The van der Waals surface area contributed by atoms with E-state index in [4.69, 9.17) is 10.6 Å². The van der Waals surface area contributed by atoms with Crippen molar-refractivity contribution in [1.29, 1.82) is 0 Å². The second kappa shape index (κ2) is 10.8. The fourth-order valence-electron chi connectivity index (χ4n) is 3.97. The molecular weight excluding hydrogens is 475 g/mol. The van der Waals surface area contributed by atoms with Gasteiger partial charge in [-0.05, 0) is 55.3 Å². The molecule has 2 aromatic heterocycles. The van der Waals surface area contributed by atoms with Gasteiger partial charge in [-0.2, -0.15) is 23.4 Å². The zero-order valence-electron chi connectivity index (χ0n) is 19.6. The molecule has 0 fully saturated rings. The number of fused-ring (bicyclic) bond motifs is 3. The Morgan fingerprint density at radius 3 is 2.58 bits per heavy atom. The van der Waals surface area contributed by atoms with Gasteiger partial charge in [0.25, 0.3) is 5.91 Å². The minimum Gasteiger partial charge on any atom is -0.381 e. The monoisotopic (exact) mass is 501 g/mol. The van der Waals surface area contributed by atoms with Gasteiger partial charge in [0, 0.05) is 55.0 Å². The number of nitrogens with zero attached hydrogens (tertiary/aromatic N) is 5. The minimum absolute atomic E-state index is 0.223. The number of benzene rings is 2. The van der Waals surface area contributed by atoms with E-state index in [1.165, 1.54) is 12.1 Å². The third-order valence-electron chi connectivity index (χ3n) is 5.64. The van der Waals surface area contributed by atoms with Crippen molar-refractivity contribution in [1.82, 2.24) is 19.7 Å². The largest absolute Gasteiger partial charge is 0.416 e. The number of nitrogens with two attached hydrogens (primary N) is 1. The summed E-state index contributed by atoms with van der Waals surface area (Å²) in [6, 6.07) is 10.2. The van der Waals surface area contributed by atoms with E-state index in [0.717, 1.165) is 34.8 Å². The Morgan fingerprint density at radius 1 is 1.11 bits per heavy atom. The van der Waals surface area contributed by atoms with Crippen LogP contribution in [0.25, 0.3) is 27.6 Å². The van der Waals surface area contributed by atoms with Crippen molar-refractivity contribution in [3.05, 3.63) is 59.8 Å². The Labute approximate surface area is 204 Å². The standard InChI is InChI=1S/C24H26F3N7O2/c1-33-15-20-19-14-16(23(35)29-10-2-12-36-13-3-11-30-32-28)4-9-21(19)34(22(20)31-33)18-7-5-17(6-8-18)24(25,26)27/h4-9,14-15H,2-3,10-13H2,1H3,(H2,28,30)(H,29,35). The minimum atomic E-state index is -4.41. The predicted octanol–water partition coefficient (Wildman–Crippen LogP) is 4.39. The fourth-order valence-corrected chi connectivity index (χ4v) is 3.97. The van der Waals surface area contributed by atoms with Crippen molar-refractivity contribution < 1.29 is 22.7 Å². The Morgan fingerprint density at radius 2 is 1.86 bits per heavy atom. The Balaban J connectivity index is 1.49. The lowest BCUT2D eigenvalue weighted by Crippen LogP contribution is -2.25. The topological polar surface area (TPSA) is 112 Å². The molecular formula is C24H26F3N7O2. The predicted molar refractivity (Wildman–Crippen MR) is 129 cm³/mol. The summed E-state index contributed by atoms with van der Waals surface area (Å²) in [6.45, 7) is 2.01. The van der Waals surface area contributed by atoms with Gasteiger partial charge in [-0.3, -0.25) is 14.0 Å². The lowest BCUT2D eigenvalue weighted by atomic mass is 10.1. The number of rotatable bonds is 10. The molecule has 0 aliphatic carbocycles. The van der Waals surface area contributed by atoms with Crippen molar-refractivity contribution in [3.8, 4) is 5.69 Å². The molecule has 0 saturated carbocycles. The second-order valence-corrected chi connectivity index (χ2v) is 8.21.